The van der Waals surface area contributed by atoms with Crippen molar-refractivity contribution >= 4 is 34.3 Å². The van der Waals surface area contributed by atoms with E-state index in [1.807, 2.05) is 18.0 Å². The number of hydrogen-bond acceptors (Lipinski definition) is 6. The molecule has 1 fully saturated rings. The Bertz CT molecular complexity index is 1210. The lowest BCUT2D eigenvalue weighted by Crippen LogP contribution is -2.36. The van der Waals surface area contributed by atoms with Crippen molar-refractivity contribution in [1.29, 1.82) is 0 Å². The molecule has 0 radical (unpaired) electrons. The molecule has 2 heterocycles. The first-order chi connectivity index (χ1) is 18.0. The monoisotopic (exact) mass is 570 g/mol. The second-order valence-electron chi connectivity index (χ2n) is 9.18. The van der Waals surface area contributed by atoms with Gasteiger partial charge in [-0.25, -0.2) is 13.8 Å². The number of amidine groups is 1. The average molecular weight is 571 g/mol. The predicted molar refractivity (Wildman–Crippen MR) is 146 cm³/mol. The molecule has 2 aliphatic heterocycles. The number of nitrogens with zero attached hydrogens (tertiary/aromatic N) is 2. The molecule has 0 aromatic heterocycles. The zero-order valence-electron chi connectivity index (χ0n) is 21.3. The van der Waals surface area contributed by atoms with Gasteiger partial charge < -0.3 is 19.5 Å². The Kier molecular flexibility index (Phi) is 8.89. The number of allylic oxidation sites excluding steroid dienone is 1. The molecular weight excluding hydrogens is 540 g/mol. The standard InChI is InChI=1S/C27H30F4N2O3S2/c1-17(12-24(34)32-25(37-3)33-8-10-38-11-9-33)18-5-7-22-23(13-18)36-16-27(30,31)21-14-20(26(2,28)29)6-4-19(21)15-35-22/h4-7,12-14,24,34H,8-11,15-16H2,1-3H3/b17-12?,32-25-. The van der Waals surface area contributed by atoms with Crippen molar-refractivity contribution in [2.75, 3.05) is 37.5 Å². The second kappa shape index (κ2) is 11.8. The largest absolute Gasteiger partial charge is 0.485 e. The zero-order chi connectivity index (χ0) is 27.5. The van der Waals surface area contributed by atoms with Crippen LogP contribution in [0.5, 0.6) is 11.5 Å². The van der Waals surface area contributed by atoms with Crippen molar-refractivity contribution in [3.8, 4) is 11.5 Å². The van der Waals surface area contributed by atoms with Crippen LogP contribution in [0.1, 0.15) is 36.1 Å². The van der Waals surface area contributed by atoms with Crippen LogP contribution in [0.3, 0.4) is 0 Å². The van der Waals surface area contributed by atoms with Crippen LogP contribution in [0.25, 0.3) is 5.57 Å². The maximum absolute atomic E-state index is 15.1. The number of rotatable bonds is 4. The van der Waals surface area contributed by atoms with Crippen molar-refractivity contribution in [3.05, 3.63) is 64.7 Å². The summed E-state index contributed by atoms with van der Waals surface area (Å²) in [5, 5.41) is 11.4. The maximum Gasteiger partial charge on any atom is 0.306 e. The summed E-state index contributed by atoms with van der Waals surface area (Å²) in [7, 11) is 0. The third kappa shape index (κ3) is 6.79. The van der Waals surface area contributed by atoms with Crippen molar-refractivity contribution in [2.24, 2.45) is 4.99 Å². The molecule has 2 aliphatic rings. The zero-order valence-corrected chi connectivity index (χ0v) is 23.0. The van der Waals surface area contributed by atoms with Crippen molar-refractivity contribution in [3.63, 3.8) is 0 Å². The molecule has 2 aromatic carbocycles. The van der Waals surface area contributed by atoms with Gasteiger partial charge in [-0.05, 0) is 54.2 Å². The van der Waals surface area contributed by atoms with Crippen molar-refractivity contribution < 1.29 is 32.1 Å². The first-order valence-corrected chi connectivity index (χ1v) is 14.5. The van der Waals surface area contributed by atoms with Gasteiger partial charge >= 0.3 is 5.92 Å². The van der Waals surface area contributed by atoms with E-state index in [0.29, 0.717) is 18.1 Å². The Morgan fingerprint density at radius 3 is 2.58 bits per heavy atom. The number of hydrogen-bond donors (Lipinski definition) is 1. The van der Waals surface area contributed by atoms with Crippen LogP contribution in [0.15, 0.2) is 47.5 Å². The van der Waals surface area contributed by atoms with Crippen molar-refractivity contribution in [2.45, 2.75) is 38.5 Å². The summed E-state index contributed by atoms with van der Waals surface area (Å²) in [6.07, 6.45) is 2.42. The Balaban J connectivity index is 1.56. The van der Waals surface area contributed by atoms with Gasteiger partial charge in [0, 0.05) is 42.6 Å². The lowest BCUT2D eigenvalue weighted by Gasteiger charge is -2.28. The molecule has 1 atom stereocenters. The number of fused-ring (bicyclic) bond motifs is 2. The highest BCUT2D eigenvalue weighted by atomic mass is 32.2. The molecule has 0 spiro atoms. The minimum absolute atomic E-state index is 0.0948. The highest BCUT2D eigenvalue weighted by Crippen LogP contribution is 2.40. The number of halogens is 4. The Morgan fingerprint density at radius 1 is 1.16 bits per heavy atom. The smallest absolute Gasteiger partial charge is 0.306 e. The van der Waals surface area contributed by atoms with Crippen LogP contribution in [-0.2, 0) is 18.5 Å². The first kappa shape index (κ1) is 28.6. The van der Waals surface area contributed by atoms with E-state index in [4.69, 9.17) is 9.47 Å². The molecule has 1 unspecified atom stereocenters. The van der Waals surface area contributed by atoms with Crippen LogP contribution in [0.4, 0.5) is 17.6 Å². The SMILES string of the molecule is CS/C(=N\C(O)C=C(C)c1ccc2c(c1)OCC(F)(F)c1cc(C(C)(F)F)ccc1CO2)N1CCSCC1. The van der Waals surface area contributed by atoms with Crippen LogP contribution in [0, 0.1) is 0 Å². The number of aliphatic hydroxyl groups is 1. The maximum atomic E-state index is 15.1. The van der Waals surface area contributed by atoms with E-state index < -0.39 is 35.8 Å². The molecule has 0 bridgehead atoms. The van der Waals surface area contributed by atoms with Gasteiger partial charge in [0.2, 0.25) is 0 Å². The average Bonchev–Trinajstić information content (AvgIpc) is 2.94. The second-order valence-corrected chi connectivity index (χ2v) is 11.2. The quantitative estimate of drug-likeness (QED) is 0.263. The minimum atomic E-state index is -3.52. The molecule has 206 valence electrons. The van der Waals surface area contributed by atoms with E-state index in [9.17, 15) is 13.9 Å². The lowest BCUT2D eigenvalue weighted by molar-refractivity contribution is -0.0475. The number of thioether (sulfide) groups is 2. The molecular formula is C27H30F4N2O3S2. The molecule has 5 nitrogen and oxygen atoms in total. The third-order valence-corrected chi connectivity index (χ3v) is 7.98. The molecule has 2 aromatic rings. The van der Waals surface area contributed by atoms with E-state index in [2.05, 4.69) is 9.89 Å². The fourth-order valence-electron chi connectivity index (χ4n) is 4.19. The Morgan fingerprint density at radius 2 is 1.89 bits per heavy atom. The van der Waals surface area contributed by atoms with Gasteiger partial charge in [0.05, 0.1) is 0 Å². The minimum Gasteiger partial charge on any atom is -0.485 e. The van der Waals surface area contributed by atoms with Gasteiger partial charge in [-0.2, -0.15) is 20.5 Å². The summed E-state index contributed by atoms with van der Waals surface area (Å²) < 4.78 is 69.1. The summed E-state index contributed by atoms with van der Waals surface area (Å²) >= 11 is 3.36. The van der Waals surface area contributed by atoms with Crippen molar-refractivity contribution in [1.82, 2.24) is 4.90 Å². The van der Waals surface area contributed by atoms with E-state index in [1.54, 1.807) is 31.2 Å². The van der Waals surface area contributed by atoms with Gasteiger partial charge in [-0.3, -0.25) is 0 Å². The van der Waals surface area contributed by atoms with Crippen LogP contribution >= 0.6 is 23.5 Å². The molecule has 11 heteroatoms. The lowest BCUT2D eigenvalue weighted by atomic mass is 9.97. The van der Waals surface area contributed by atoms with E-state index in [1.165, 1.54) is 17.8 Å². The number of aliphatic imine (C=N–C) groups is 1. The molecule has 0 saturated carbocycles. The third-order valence-electron chi connectivity index (χ3n) is 6.31. The fourth-order valence-corrected chi connectivity index (χ4v) is 5.75. The van der Waals surface area contributed by atoms with Crippen LogP contribution in [-0.4, -0.2) is 58.9 Å². The molecule has 4 rings (SSSR count). The highest BCUT2D eigenvalue weighted by molar-refractivity contribution is 8.13. The molecule has 0 aliphatic carbocycles. The Hall–Kier alpha value is -2.37. The van der Waals surface area contributed by atoms with Gasteiger partial charge in [0.15, 0.2) is 29.5 Å². The van der Waals surface area contributed by atoms with E-state index in [-0.39, 0.29) is 23.7 Å². The predicted octanol–water partition coefficient (Wildman–Crippen LogP) is 6.35. The Labute approximate surface area is 228 Å². The highest BCUT2D eigenvalue weighted by Gasteiger charge is 2.38. The van der Waals surface area contributed by atoms with E-state index in [0.717, 1.165) is 41.9 Å². The number of alkyl halides is 4. The van der Waals surface area contributed by atoms with Crippen LogP contribution in [0.2, 0.25) is 0 Å². The van der Waals surface area contributed by atoms with Gasteiger partial charge in [-0.15, -0.1) is 0 Å². The number of benzene rings is 2. The summed E-state index contributed by atoms with van der Waals surface area (Å²) in [5.41, 5.74) is 0.374. The summed E-state index contributed by atoms with van der Waals surface area (Å²) in [4.78, 5) is 6.59. The summed E-state index contributed by atoms with van der Waals surface area (Å²) in [6, 6.07) is 8.11. The number of aliphatic hydroxyl groups excluding tert-OH is 1. The summed E-state index contributed by atoms with van der Waals surface area (Å²) in [5.74, 6) is -4.41. The van der Waals surface area contributed by atoms with Gasteiger partial charge in [0.1, 0.15) is 6.61 Å². The normalized spacial score (nSPS) is 19.2. The van der Waals surface area contributed by atoms with Gasteiger partial charge in [0.25, 0.3) is 5.92 Å². The topological polar surface area (TPSA) is 54.3 Å². The van der Waals surface area contributed by atoms with Crippen LogP contribution < -0.4 is 9.47 Å². The van der Waals surface area contributed by atoms with E-state index >= 15 is 8.78 Å². The first-order valence-electron chi connectivity index (χ1n) is 12.1. The molecule has 0 amide bonds. The molecule has 38 heavy (non-hydrogen) atoms. The fraction of sp³-hybridized carbons (Fsp3) is 0.444. The molecule has 1 saturated heterocycles. The van der Waals surface area contributed by atoms with Gasteiger partial charge in [-0.1, -0.05) is 30.0 Å². The number of ether oxygens (including phenoxy) is 2. The molecule has 1 N–H and O–H groups in total. The summed E-state index contributed by atoms with van der Waals surface area (Å²) in [6.45, 7) is 2.92.